The molecule has 1 aromatic carbocycles. The van der Waals surface area contributed by atoms with Gasteiger partial charge >= 0.3 is 5.97 Å². The largest absolute Gasteiger partial charge is 0.459 e. The first kappa shape index (κ1) is 16.8. The fourth-order valence-electron chi connectivity index (χ4n) is 3.00. The van der Waals surface area contributed by atoms with Gasteiger partial charge in [-0.1, -0.05) is 34.1 Å². The summed E-state index contributed by atoms with van der Waals surface area (Å²) in [7, 11) is 0. The lowest BCUT2D eigenvalue weighted by atomic mass is 9.85. The SMILES string of the molecule is O=C(CN1C(=O)C2CC=CCC2C1=O)OCc1ccc(Br)cc1F. The Bertz CT molecular complexity index is 707. The molecule has 1 heterocycles. The average Bonchev–Trinajstić information content (AvgIpc) is 2.79. The van der Waals surface area contributed by atoms with Gasteiger partial charge in [-0.25, -0.2) is 4.39 Å². The molecule has 7 heteroatoms. The first-order valence-corrected chi connectivity index (χ1v) is 8.36. The van der Waals surface area contributed by atoms with Crippen molar-refractivity contribution < 1.29 is 23.5 Å². The Morgan fingerprint density at radius 2 is 1.83 bits per heavy atom. The molecule has 1 aromatic rings. The lowest BCUT2D eigenvalue weighted by Gasteiger charge is -2.14. The number of nitrogens with zero attached hydrogens (tertiary/aromatic N) is 1. The Balaban J connectivity index is 1.59. The van der Waals surface area contributed by atoms with Gasteiger partial charge in [-0.05, 0) is 25.0 Å². The number of hydrogen-bond acceptors (Lipinski definition) is 4. The smallest absolute Gasteiger partial charge is 0.326 e. The van der Waals surface area contributed by atoms with Crippen molar-refractivity contribution in [2.24, 2.45) is 11.8 Å². The molecule has 1 aliphatic heterocycles. The Morgan fingerprint density at radius 1 is 1.21 bits per heavy atom. The van der Waals surface area contributed by atoms with E-state index >= 15 is 0 Å². The first-order chi connectivity index (χ1) is 11.5. The van der Waals surface area contributed by atoms with Gasteiger partial charge in [0.05, 0.1) is 11.8 Å². The number of imide groups is 1. The second kappa shape index (κ2) is 6.84. The van der Waals surface area contributed by atoms with Gasteiger partial charge in [0.2, 0.25) is 11.8 Å². The van der Waals surface area contributed by atoms with Crippen molar-refractivity contribution in [3.05, 3.63) is 46.2 Å². The molecule has 2 unspecified atom stereocenters. The molecule has 1 saturated heterocycles. The molecular weight excluding hydrogens is 381 g/mol. The van der Waals surface area contributed by atoms with Crippen LogP contribution in [0.15, 0.2) is 34.8 Å². The van der Waals surface area contributed by atoms with Gasteiger partial charge in [-0.15, -0.1) is 0 Å². The predicted octanol–water partition coefficient (Wildman–Crippen LogP) is 2.58. The molecule has 0 bridgehead atoms. The van der Waals surface area contributed by atoms with Gasteiger partial charge in [0, 0.05) is 10.0 Å². The van der Waals surface area contributed by atoms with Gasteiger partial charge in [-0.2, -0.15) is 0 Å². The minimum Gasteiger partial charge on any atom is -0.459 e. The molecule has 5 nitrogen and oxygen atoms in total. The van der Waals surface area contributed by atoms with Gasteiger partial charge in [0.15, 0.2) is 0 Å². The van der Waals surface area contributed by atoms with Crippen molar-refractivity contribution in [2.75, 3.05) is 6.54 Å². The molecule has 3 rings (SSSR count). The van der Waals surface area contributed by atoms with E-state index in [0.717, 1.165) is 4.90 Å². The number of likely N-dealkylation sites (tertiary alicyclic amines) is 1. The fraction of sp³-hybridized carbons (Fsp3) is 0.353. The zero-order valence-electron chi connectivity index (χ0n) is 12.7. The molecule has 0 spiro atoms. The third-order valence-electron chi connectivity index (χ3n) is 4.29. The summed E-state index contributed by atoms with van der Waals surface area (Å²) in [6, 6.07) is 4.41. The number of rotatable bonds is 4. The molecule has 0 N–H and O–H groups in total. The van der Waals surface area contributed by atoms with E-state index in [0.29, 0.717) is 17.3 Å². The Morgan fingerprint density at radius 3 is 2.42 bits per heavy atom. The molecule has 126 valence electrons. The molecule has 2 amide bonds. The minimum atomic E-state index is -0.731. The number of benzene rings is 1. The summed E-state index contributed by atoms with van der Waals surface area (Å²) in [5, 5.41) is 0. The van der Waals surface area contributed by atoms with Crippen molar-refractivity contribution in [2.45, 2.75) is 19.4 Å². The van der Waals surface area contributed by atoms with Crippen molar-refractivity contribution >= 4 is 33.7 Å². The monoisotopic (exact) mass is 395 g/mol. The number of carbonyl (C=O) groups is 3. The summed E-state index contributed by atoms with van der Waals surface area (Å²) in [4.78, 5) is 37.4. The number of hydrogen-bond donors (Lipinski definition) is 0. The van der Waals surface area contributed by atoms with Crippen molar-refractivity contribution in [3.63, 3.8) is 0 Å². The van der Waals surface area contributed by atoms with Crippen LogP contribution >= 0.6 is 15.9 Å². The Kier molecular flexibility index (Phi) is 4.80. The molecule has 1 aliphatic carbocycles. The van der Waals surface area contributed by atoms with Gasteiger partial charge in [0.1, 0.15) is 19.0 Å². The van der Waals surface area contributed by atoms with Gasteiger partial charge in [0.25, 0.3) is 0 Å². The van der Waals surface area contributed by atoms with Gasteiger partial charge in [-0.3, -0.25) is 19.3 Å². The van der Waals surface area contributed by atoms with Crippen molar-refractivity contribution in [1.82, 2.24) is 4.90 Å². The maximum atomic E-state index is 13.7. The van der Waals surface area contributed by atoms with E-state index in [1.54, 1.807) is 6.07 Å². The summed E-state index contributed by atoms with van der Waals surface area (Å²) in [5.41, 5.74) is 0.225. The van der Waals surface area contributed by atoms with E-state index in [9.17, 15) is 18.8 Å². The normalized spacial score (nSPS) is 22.7. The third kappa shape index (κ3) is 3.26. The number of halogens is 2. The van der Waals surface area contributed by atoms with Crippen LogP contribution in [-0.4, -0.2) is 29.2 Å². The van der Waals surface area contributed by atoms with Crippen LogP contribution in [-0.2, 0) is 25.7 Å². The van der Waals surface area contributed by atoms with E-state index in [1.165, 1.54) is 12.1 Å². The zero-order valence-corrected chi connectivity index (χ0v) is 14.3. The summed E-state index contributed by atoms with van der Waals surface area (Å²) < 4.78 is 19.3. The third-order valence-corrected chi connectivity index (χ3v) is 4.78. The molecular formula is C17H15BrFNO4. The Hall–Kier alpha value is -2.02. The van der Waals surface area contributed by atoms with Crippen LogP contribution in [0.5, 0.6) is 0 Å². The van der Waals surface area contributed by atoms with Crippen LogP contribution < -0.4 is 0 Å². The van der Waals surface area contributed by atoms with Gasteiger partial charge < -0.3 is 4.74 Å². The van der Waals surface area contributed by atoms with E-state index in [4.69, 9.17) is 4.74 Å². The molecule has 0 aromatic heterocycles. The second-order valence-electron chi connectivity index (χ2n) is 5.81. The van der Waals surface area contributed by atoms with E-state index in [-0.39, 0.29) is 35.8 Å². The molecule has 24 heavy (non-hydrogen) atoms. The van der Waals surface area contributed by atoms with Crippen LogP contribution in [0, 0.1) is 17.7 Å². The zero-order chi connectivity index (χ0) is 17.3. The second-order valence-corrected chi connectivity index (χ2v) is 6.73. The van der Waals surface area contributed by atoms with E-state index < -0.39 is 18.3 Å². The van der Waals surface area contributed by atoms with Crippen LogP contribution in [0.25, 0.3) is 0 Å². The summed E-state index contributed by atoms with van der Waals surface area (Å²) in [6.07, 6.45) is 4.80. The lowest BCUT2D eigenvalue weighted by Crippen LogP contribution is -2.36. The number of allylic oxidation sites excluding steroid dienone is 2. The highest BCUT2D eigenvalue weighted by atomic mass is 79.9. The molecule has 0 radical (unpaired) electrons. The standard InChI is InChI=1S/C17H15BrFNO4/c18-11-6-5-10(14(19)7-11)9-24-15(21)8-20-16(22)12-3-1-2-4-13(12)17(20)23/h1-2,5-7,12-13H,3-4,8-9H2. The number of fused-ring (bicyclic) bond motifs is 1. The minimum absolute atomic E-state index is 0.225. The summed E-state index contributed by atoms with van der Waals surface area (Å²) in [5.74, 6) is -2.64. The molecule has 2 aliphatic rings. The van der Waals surface area contributed by atoms with Crippen LogP contribution in [0.4, 0.5) is 4.39 Å². The summed E-state index contributed by atoms with van der Waals surface area (Å²) >= 11 is 3.14. The van der Waals surface area contributed by atoms with E-state index in [1.807, 2.05) is 12.2 Å². The molecule has 0 saturated carbocycles. The average molecular weight is 396 g/mol. The van der Waals surface area contributed by atoms with Crippen LogP contribution in [0.1, 0.15) is 18.4 Å². The highest BCUT2D eigenvalue weighted by Crippen LogP contribution is 2.34. The fourth-order valence-corrected chi connectivity index (χ4v) is 3.33. The number of esters is 1. The lowest BCUT2D eigenvalue weighted by molar-refractivity contribution is -0.153. The summed E-state index contributed by atoms with van der Waals surface area (Å²) in [6.45, 7) is -0.675. The number of carbonyl (C=O) groups excluding carboxylic acids is 3. The topological polar surface area (TPSA) is 63.7 Å². The predicted molar refractivity (Wildman–Crippen MR) is 86.0 cm³/mol. The number of ether oxygens (including phenoxy) is 1. The van der Waals surface area contributed by atoms with Crippen LogP contribution in [0.2, 0.25) is 0 Å². The highest BCUT2D eigenvalue weighted by Gasteiger charge is 2.47. The van der Waals surface area contributed by atoms with E-state index in [2.05, 4.69) is 15.9 Å². The number of amides is 2. The van der Waals surface area contributed by atoms with Crippen molar-refractivity contribution in [1.29, 1.82) is 0 Å². The van der Waals surface area contributed by atoms with Crippen molar-refractivity contribution in [3.8, 4) is 0 Å². The highest BCUT2D eigenvalue weighted by molar-refractivity contribution is 9.10. The molecule has 2 atom stereocenters. The maximum Gasteiger partial charge on any atom is 0.326 e. The maximum absolute atomic E-state index is 13.7. The quantitative estimate of drug-likeness (QED) is 0.446. The first-order valence-electron chi connectivity index (χ1n) is 7.57. The molecule has 1 fully saturated rings. The Labute approximate surface area is 146 Å². The van der Waals surface area contributed by atoms with Crippen LogP contribution in [0.3, 0.4) is 0 Å².